The predicted octanol–water partition coefficient (Wildman–Crippen LogP) is 6.73. The summed E-state index contributed by atoms with van der Waals surface area (Å²) >= 11 is 4.98. The number of alkyl halides is 1. The summed E-state index contributed by atoms with van der Waals surface area (Å²) in [6.07, 6.45) is 2.12. The normalized spacial score (nSPS) is 19.9. The van der Waals surface area contributed by atoms with Crippen molar-refractivity contribution in [3.63, 3.8) is 0 Å². The van der Waals surface area contributed by atoms with E-state index in [1.165, 1.54) is 11.3 Å². The number of para-hydroxylation sites is 1. The number of nitrogens with zero attached hydrogens (tertiary/aromatic N) is 3. The third-order valence-electron chi connectivity index (χ3n) is 5.58. The molecule has 1 aliphatic rings. The van der Waals surface area contributed by atoms with E-state index >= 15 is 0 Å². The summed E-state index contributed by atoms with van der Waals surface area (Å²) in [7, 11) is 0. The number of thiazole rings is 1. The molecule has 0 aliphatic carbocycles. The van der Waals surface area contributed by atoms with Gasteiger partial charge in [-0.1, -0.05) is 18.2 Å². The van der Waals surface area contributed by atoms with Gasteiger partial charge in [0.25, 0.3) is 0 Å². The maximum absolute atomic E-state index is 14.9. The molecule has 32 heavy (non-hydrogen) atoms. The molecule has 3 aromatic rings. The molecule has 4 rings (SSSR count). The first kappa shape index (κ1) is 23.4. The summed E-state index contributed by atoms with van der Waals surface area (Å²) in [6.45, 7) is 11.1. The zero-order chi connectivity index (χ0) is 23.4. The van der Waals surface area contributed by atoms with Gasteiger partial charge in [0.05, 0.1) is 17.3 Å². The van der Waals surface area contributed by atoms with Crippen LogP contribution in [0.5, 0.6) is 0 Å². The number of fused-ring (bicyclic) bond motifs is 3. The third-order valence-corrected chi connectivity index (χ3v) is 7.10. The van der Waals surface area contributed by atoms with E-state index < -0.39 is 17.4 Å². The second-order valence-corrected chi connectivity index (χ2v) is 12.4. The summed E-state index contributed by atoms with van der Waals surface area (Å²) in [5.74, 6) is 0. The van der Waals surface area contributed by atoms with Crippen LogP contribution in [0.1, 0.15) is 63.7 Å². The summed E-state index contributed by atoms with van der Waals surface area (Å²) in [5.41, 5.74) is 0.740. The maximum Gasteiger partial charge on any atom is 0.419 e. The van der Waals surface area contributed by atoms with Crippen molar-refractivity contribution in [2.45, 2.75) is 71.3 Å². The van der Waals surface area contributed by atoms with E-state index in [9.17, 15) is 9.18 Å². The minimum Gasteiger partial charge on any atom is -0.443 e. The van der Waals surface area contributed by atoms with Gasteiger partial charge in [0.2, 0.25) is 0 Å². The van der Waals surface area contributed by atoms with E-state index in [0.29, 0.717) is 0 Å². The highest BCUT2D eigenvalue weighted by Gasteiger charge is 2.42. The number of hydrogen-bond donors (Lipinski definition) is 0. The van der Waals surface area contributed by atoms with Crippen LogP contribution in [0.15, 0.2) is 34.4 Å². The standard InChI is InChI=1S/C24H29BrFN3O2S/c1-14-11-16-15-9-7-8-10-17(15)29(22(30)31-23(2,3)4)19(16)20(18-12-27-21(25)32-18)28(14)13-24(5,6)26/h7-10,12,14,20H,11,13H2,1-6H3/t14-,20-/m1/s1. The number of carbonyl (C=O) groups excluding carboxylic acids is 1. The Balaban J connectivity index is 2.00. The Morgan fingerprint density at radius 1 is 1.28 bits per heavy atom. The van der Waals surface area contributed by atoms with Crippen LogP contribution in [0.2, 0.25) is 0 Å². The lowest BCUT2D eigenvalue weighted by Gasteiger charge is -2.42. The summed E-state index contributed by atoms with van der Waals surface area (Å²) < 4.78 is 23.2. The molecule has 1 aromatic carbocycles. The lowest BCUT2D eigenvalue weighted by Crippen LogP contribution is -2.48. The van der Waals surface area contributed by atoms with Crippen molar-refractivity contribution in [3.05, 3.63) is 50.5 Å². The molecule has 0 N–H and O–H groups in total. The Labute approximate surface area is 200 Å². The molecule has 0 saturated carbocycles. The highest BCUT2D eigenvalue weighted by Crippen LogP contribution is 2.45. The summed E-state index contributed by atoms with van der Waals surface area (Å²) in [4.78, 5) is 21.0. The van der Waals surface area contributed by atoms with Crippen LogP contribution < -0.4 is 0 Å². The summed E-state index contributed by atoms with van der Waals surface area (Å²) in [6, 6.07) is 7.69. The van der Waals surface area contributed by atoms with Crippen LogP contribution in [0.25, 0.3) is 10.9 Å². The zero-order valence-corrected chi connectivity index (χ0v) is 21.7. The molecule has 1 aliphatic heterocycles. The molecule has 0 spiro atoms. The average Bonchev–Trinajstić information content (AvgIpc) is 3.21. The van der Waals surface area contributed by atoms with Crippen molar-refractivity contribution < 1.29 is 13.9 Å². The van der Waals surface area contributed by atoms with Gasteiger partial charge in [0.15, 0.2) is 3.92 Å². The van der Waals surface area contributed by atoms with Gasteiger partial charge in [0.1, 0.15) is 11.3 Å². The predicted molar refractivity (Wildman–Crippen MR) is 130 cm³/mol. The molecule has 5 nitrogen and oxygen atoms in total. The van der Waals surface area contributed by atoms with Gasteiger partial charge in [-0.05, 0) is 75.5 Å². The monoisotopic (exact) mass is 521 g/mol. The SMILES string of the molecule is C[C@@H]1Cc2c(n(C(=O)OC(C)(C)C)c3ccccc23)[C@@H](c2cnc(Br)s2)N1CC(C)(C)F. The molecule has 0 saturated heterocycles. The van der Waals surface area contributed by atoms with Crippen molar-refractivity contribution in [1.29, 1.82) is 0 Å². The lowest BCUT2D eigenvalue weighted by atomic mass is 9.90. The largest absolute Gasteiger partial charge is 0.443 e. The van der Waals surface area contributed by atoms with E-state index in [4.69, 9.17) is 4.74 Å². The van der Waals surface area contributed by atoms with E-state index in [0.717, 1.165) is 37.4 Å². The lowest BCUT2D eigenvalue weighted by molar-refractivity contribution is 0.0488. The molecule has 0 unspecified atom stereocenters. The van der Waals surface area contributed by atoms with Crippen molar-refractivity contribution in [3.8, 4) is 0 Å². The molecule has 2 aromatic heterocycles. The van der Waals surface area contributed by atoms with Gasteiger partial charge < -0.3 is 4.74 Å². The van der Waals surface area contributed by atoms with E-state index in [2.05, 4.69) is 38.8 Å². The van der Waals surface area contributed by atoms with Gasteiger partial charge in [-0.25, -0.2) is 18.7 Å². The smallest absolute Gasteiger partial charge is 0.419 e. The van der Waals surface area contributed by atoms with Crippen LogP contribution in [-0.2, 0) is 11.2 Å². The second kappa shape index (κ2) is 8.22. The third kappa shape index (κ3) is 4.50. The fourth-order valence-corrected chi connectivity index (χ4v) is 5.95. The molecule has 3 heterocycles. The number of carbonyl (C=O) groups is 1. The zero-order valence-electron chi connectivity index (χ0n) is 19.3. The Morgan fingerprint density at radius 2 is 1.97 bits per heavy atom. The van der Waals surface area contributed by atoms with E-state index in [1.807, 2.05) is 45.2 Å². The number of ether oxygens (including phenoxy) is 1. The quantitative estimate of drug-likeness (QED) is 0.383. The topological polar surface area (TPSA) is 47.4 Å². The Morgan fingerprint density at radius 3 is 2.56 bits per heavy atom. The Bertz CT molecular complexity index is 1160. The maximum atomic E-state index is 14.9. The minimum absolute atomic E-state index is 0.0845. The van der Waals surface area contributed by atoms with E-state index in [1.54, 1.807) is 18.4 Å². The van der Waals surface area contributed by atoms with E-state index in [-0.39, 0.29) is 18.6 Å². The van der Waals surface area contributed by atoms with Gasteiger partial charge >= 0.3 is 6.09 Å². The van der Waals surface area contributed by atoms with Gasteiger partial charge in [-0.15, -0.1) is 11.3 Å². The Hall–Kier alpha value is -1.77. The van der Waals surface area contributed by atoms with Gasteiger partial charge in [-0.3, -0.25) is 4.90 Å². The van der Waals surface area contributed by atoms with Crippen LogP contribution in [0.4, 0.5) is 9.18 Å². The molecule has 172 valence electrons. The molecule has 2 atom stereocenters. The van der Waals surface area contributed by atoms with Crippen LogP contribution in [0.3, 0.4) is 0 Å². The minimum atomic E-state index is -1.39. The van der Waals surface area contributed by atoms with Crippen molar-refractivity contribution in [2.24, 2.45) is 0 Å². The second-order valence-electron chi connectivity index (χ2n) is 10.1. The molecule has 0 radical (unpaired) electrons. The number of aromatic nitrogens is 2. The molecule has 0 fully saturated rings. The molecule has 8 heteroatoms. The molecular weight excluding hydrogens is 493 g/mol. The fourth-order valence-electron chi connectivity index (χ4n) is 4.53. The van der Waals surface area contributed by atoms with Crippen LogP contribution in [0, 0.1) is 0 Å². The Kier molecular flexibility index (Phi) is 6.01. The molecule has 0 amide bonds. The number of rotatable bonds is 3. The first-order chi connectivity index (χ1) is 14.9. The van der Waals surface area contributed by atoms with Crippen molar-refractivity contribution in [1.82, 2.24) is 14.5 Å². The highest BCUT2D eigenvalue weighted by molar-refractivity contribution is 9.11. The first-order valence-corrected chi connectivity index (χ1v) is 12.4. The van der Waals surface area contributed by atoms with Gasteiger partial charge in [-0.2, -0.15) is 0 Å². The highest BCUT2D eigenvalue weighted by atomic mass is 79.9. The number of hydrogen-bond acceptors (Lipinski definition) is 5. The van der Waals surface area contributed by atoms with Gasteiger partial charge in [0, 0.05) is 29.0 Å². The average molecular weight is 522 g/mol. The number of benzene rings is 1. The van der Waals surface area contributed by atoms with Crippen LogP contribution in [-0.4, -0.2) is 44.4 Å². The molecular formula is C24H29BrFN3O2S. The first-order valence-electron chi connectivity index (χ1n) is 10.8. The van der Waals surface area contributed by atoms with Crippen LogP contribution >= 0.6 is 27.3 Å². The van der Waals surface area contributed by atoms with Crippen molar-refractivity contribution in [2.75, 3.05) is 6.54 Å². The molecule has 0 bridgehead atoms. The summed E-state index contributed by atoms with van der Waals surface area (Å²) in [5, 5.41) is 1.04. The fraction of sp³-hybridized carbons (Fsp3) is 0.500. The van der Waals surface area contributed by atoms with Crippen molar-refractivity contribution >= 4 is 44.3 Å². The number of halogens is 2.